The third kappa shape index (κ3) is 10.6. The van der Waals surface area contributed by atoms with Crippen LogP contribution in [0.2, 0.25) is 0 Å². The van der Waals surface area contributed by atoms with E-state index >= 15 is 0 Å². The van der Waals surface area contributed by atoms with E-state index in [0.29, 0.717) is 12.1 Å². The summed E-state index contributed by atoms with van der Waals surface area (Å²) < 4.78 is 139. The molecule has 0 saturated carbocycles. The molecule has 0 fully saturated rings. The number of benzene rings is 6. The molecule has 69 heavy (non-hydrogen) atoms. The minimum absolute atomic E-state index is 0. The number of aromatic nitrogens is 4. The second kappa shape index (κ2) is 19.1. The van der Waals surface area contributed by atoms with Crippen LogP contribution < -0.4 is 20.4 Å². The van der Waals surface area contributed by atoms with Gasteiger partial charge in [0.15, 0.2) is 0 Å². The van der Waals surface area contributed by atoms with Gasteiger partial charge in [-0.25, -0.2) is 43.0 Å². The van der Waals surface area contributed by atoms with E-state index in [4.69, 9.17) is 0 Å². The molecule has 2 heterocycles. The van der Waals surface area contributed by atoms with Crippen LogP contribution in [0.4, 0.5) is 22.7 Å². The van der Waals surface area contributed by atoms with E-state index in [9.17, 15) is 72.3 Å². The zero-order chi connectivity index (χ0) is 49.7. The molecule has 8 rings (SSSR count). The van der Waals surface area contributed by atoms with Crippen molar-refractivity contribution in [3.05, 3.63) is 121 Å². The van der Waals surface area contributed by atoms with Crippen molar-refractivity contribution >= 4 is 84.8 Å². The van der Waals surface area contributed by atoms with Crippen LogP contribution in [-0.2, 0) is 57.8 Å². The summed E-state index contributed by atoms with van der Waals surface area (Å²) in [5, 5.41) is 74.0. The van der Waals surface area contributed by atoms with Crippen molar-refractivity contribution in [1.82, 2.24) is 19.6 Å². The molecular formula is C40H29CrN8O16S4. The molecule has 0 N–H and O–H groups in total. The number of hydrogen-bond acceptors (Lipinski definition) is 22. The summed E-state index contributed by atoms with van der Waals surface area (Å²) in [4.78, 5) is -2.52. The summed E-state index contributed by atoms with van der Waals surface area (Å²) in [5.41, 5.74) is -1.00. The van der Waals surface area contributed by atoms with Crippen molar-refractivity contribution in [2.24, 2.45) is 20.5 Å². The third-order valence-corrected chi connectivity index (χ3v) is 13.0. The van der Waals surface area contributed by atoms with Gasteiger partial charge in [0.25, 0.3) is 0 Å². The van der Waals surface area contributed by atoms with E-state index < -0.39 is 83.3 Å². The molecular weight excluding hydrogens is 1030 g/mol. The summed E-state index contributed by atoms with van der Waals surface area (Å²) in [6.45, 7) is 2.84. The van der Waals surface area contributed by atoms with Gasteiger partial charge in [0, 0.05) is 33.3 Å². The van der Waals surface area contributed by atoms with Crippen molar-refractivity contribution in [3.63, 3.8) is 0 Å². The van der Waals surface area contributed by atoms with E-state index in [1.54, 1.807) is 0 Å². The Morgan fingerprint density at radius 3 is 1.07 bits per heavy atom. The second-order valence-electron chi connectivity index (χ2n) is 14.0. The van der Waals surface area contributed by atoms with Gasteiger partial charge < -0.3 is 38.6 Å². The fraction of sp³-hybridized carbons (Fsp3) is 0.0500. The monoisotopic (exact) mass is 1060 g/mol. The molecule has 6 aromatic carbocycles. The number of azo groups is 2. The van der Waals surface area contributed by atoms with Gasteiger partial charge in [-0.05, 0) is 62.4 Å². The Balaban J connectivity index is 0.000000684. The van der Waals surface area contributed by atoms with Gasteiger partial charge in [-0.1, -0.05) is 72.2 Å². The van der Waals surface area contributed by atoms with Gasteiger partial charge >= 0.3 is 24.5 Å². The first-order chi connectivity index (χ1) is 31.8. The minimum atomic E-state index is -4.94. The summed E-state index contributed by atoms with van der Waals surface area (Å²) in [6, 6.07) is 22.0. The molecule has 0 amide bonds. The van der Waals surface area contributed by atoms with E-state index in [-0.39, 0.29) is 91.6 Å². The van der Waals surface area contributed by atoms with Crippen LogP contribution in [0.15, 0.2) is 149 Å². The van der Waals surface area contributed by atoms with Crippen LogP contribution >= 0.6 is 0 Å². The molecule has 1 radical (unpaired) electrons. The average Bonchev–Trinajstić information content (AvgIpc) is 3.72. The molecule has 0 aliphatic carbocycles. The maximum atomic E-state index is 12.8. The first kappa shape index (κ1) is 51.2. The fourth-order valence-electron chi connectivity index (χ4n) is 6.54. The fourth-order valence-corrected chi connectivity index (χ4v) is 8.96. The normalized spacial score (nSPS) is 12.4. The standard InChI is InChI=1S/2C20H16N4O8S2.Cr/c2*1-11-18(20(26)24(23-11)12-5-4-6-13(9-12)33(27,28)29)21-22-19-15-8-3-2-7-14(15)17(10-16(19)25)34(30,31)32;/h2*2-10,25-26H,1H3,(H,27,28,29)(H,30,31,32);/q;;+3/p-3. The van der Waals surface area contributed by atoms with Crippen molar-refractivity contribution < 1.29 is 96.8 Å². The Morgan fingerprint density at radius 2 is 0.754 bits per heavy atom. The predicted octanol–water partition coefficient (Wildman–Crippen LogP) is 3.97. The molecule has 0 aliphatic rings. The quantitative estimate of drug-likeness (QED) is 0.138. The van der Waals surface area contributed by atoms with Gasteiger partial charge in [0.05, 0.1) is 53.7 Å². The topological polar surface area (TPSA) is 406 Å². The summed E-state index contributed by atoms with van der Waals surface area (Å²) in [6.07, 6.45) is 0. The summed E-state index contributed by atoms with van der Waals surface area (Å²) in [7, 11) is -19.4. The number of nitrogens with zero attached hydrogens (tertiary/aromatic N) is 8. The van der Waals surface area contributed by atoms with Crippen LogP contribution in [0.3, 0.4) is 0 Å². The zero-order valence-electron chi connectivity index (χ0n) is 39.5. The van der Waals surface area contributed by atoms with Crippen molar-refractivity contribution in [2.45, 2.75) is 33.4 Å². The maximum Gasteiger partial charge on any atom is 3.00 e. The van der Waals surface area contributed by atoms with Crippen LogP contribution in [-0.4, -0.2) is 71.4 Å². The Bertz CT molecular complexity index is 3670. The number of rotatable bonds is 10. The van der Waals surface area contributed by atoms with Crippen molar-refractivity contribution in [1.29, 1.82) is 0 Å². The molecule has 0 spiro atoms. The van der Waals surface area contributed by atoms with Gasteiger partial charge in [0.1, 0.15) is 51.8 Å². The first-order valence-corrected chi connectivity index (χ1v) is 24.3. The molecule has 2 aromatic heterocycles. The van der Waals surface area contributed by atoms with E-state index in [0.717, 1.165) is 33.6 Å². The molecule has 355 valence electrons. The molecule has 0 atom stereocenters. The third-order valence-electron chi connectivity index (χ3n) is 9.60. The van der Waals surface area contributed by atoms with Crippen LogP contribution in [0.5, 0.6) is 23.3 Å². The van der Waals surface area contributed by atoms with Gasteiger partial charge in [-0.2, -0.15) is 20.4 Å². The van der Waals surface area contributed by atoms with E-state index in [1.807, 2.05) is 0 Å². The smallest absolute Gasteiger partial charge is 0.871 e. The largest absolute Gasteiger partial charge is 3.00 e. The Kier molecular flexibility index (Phi) is 14.2. The second-order valence-corrected chi connectivity index (χ2v) is 19.5. The Labute approximate surface area is 408 Å². The number of hydrogen-bond donors (Lipinski definition) is 0. The zero-order valence-corrected chi connectivity index (χ0v) is 39.1. The van der Waals surface area contributed by atoms with Gasteiger partial charge in [0.2, 0.25) is 0 Å². The number of fused-ring (bicyclic) bond motifs is 2. The predicted molar refractivity (Wildman–Crippen MR) is 228 cm³/mol. The van der Waals surface area contributed by atoms with E-state index in [1.165, 1.54) is 86.6 Å². The first-order valence-electron chi connectivity index (χ1n) is 18.6. The minimum Gasteiger partial charge on any atom is -0.871 e. The summed E-state index contributed by atoms with van der Waals surface area (Å²) in [5.74, 6) is -3.42. The molecule has 0 unspecified atom stereocenters. The molecule has 0 bridgehead atoms. The van der Waals surface area contributed by atoms with Crippen molar-refractivity contribution in [2.75, 3.05) is 0 Å². The molecule has 0 aliphatic heterocycles. The maximum absolute atomic E-state index is 12.8. The SMILES string of the molecule is Cc1nn(-c2cccc(S(=O)(=O)[O-])c2)c([O-])c1N=Nc1c([O-])cc(S(=O)(=O)[O-])c2ccccc12.Cc1nn(-c2cccc(S(=O)(=O)[O-])c2)c([O-])c1N=Nc1c([O-])cc(S(=O)(=O)[O-])c2ccccc12.[Cr+3].[H+].[H+].[H+].[H+].[H+]. The van der Waals surface area contributed by atoms with E-state index in [2.05, 4.69) is 30.7 Å². The van der Waals surface area contributed by atoms with Gasteiger partial charge in [-0.15, -0.1) is 10.2 Å². The molecule has 0 saturated heterocycles. The van der Waals surface area contributed by atoms with Crippen LogP contribution in [0, 0.1) is 13.8 Å². The molecule has 24 nitrogen and oxygen atoms in total. The molecule has 8 aromatic rings. The van der Waals surface area contributed by atoms with Crippen LogP contribution in [0.1, 0.15) is 18.5 Å². The van der Waals surface area contributed by atoms with Crippen molar-refractivity contribution in [3.8, 4) is 34.6 Å². The Morgan fingerprint density at radius 1 is 0.435 bits per heavy atom. The summed E-state index contributed by atoms with van der Waals surface area (Å²) >= 11 is 0. The molecule has 29 heteroatoms. The average molecular weight is 1060 g/mol. The van der Waals surface area contributed by atoms with Crippen LogP contribution in [0.25, 0.3) is 32.9 Å². The van der Waals surface area contributed by atoms with Gasteiger partial charge in [-0.3, -0.25) is 0 Å². The Hall–Kier alpha value is -7.17. The number of aryl methyl sites for hydroxylation is 2.